The molecule has 0 amide bonds. The number of hydrogen-bond acceptors (Lipinski definition) is 2. The fourth-order valence-electron chi connectivity index (χ4n) is 2.30. The number of nitrogens with zero attached hydrogens (tertiary/aromatic N) is 2. The van der Waals surface area contributed by atoms with Crippen molar-refractivity contribution < 1.29 is 9.13 Å². The van der Waals surface area contributed by atoms with Crippen LogP contribution in [0.4, 0.5) is 10.1 Å². The van der Waals surface area contributed by atoms with Gasteiger partial charge in [-0.2, -0.15) is 0 Å². The van der Waals surface area contributed by atoms with Crippen LogP contribution in [0.25, 0.3) is 4.85 Å². The monoisotopic (exact) mass is 278 g/mol. The highest BCUT2D eigenvalue weighted by Gasteiger charge is 2.09. The van der Waals surface area contributed by atoms with Crippen molar-refractivity contribution in [2.24, 2.45) is 0 Å². The number of likely N-dealkylation sites (tertiary alicyclic amines) is 1. The van der Waals surface area contributed by atoms with Gasteiger partial charge in [-0.15, -0.1) is 0 Å². The highest BCUT2D eigenvalue weighted by molar-refractivity contribution is 5.46. The first-order valence-corrected chi connectivity index (χ1v) is 6.75. The molecule has 0 saturated carbocycles. The summed E-state index contributed by atoms with van der Waals surface area (Å²) in [5.74, 6) is -0.466. The average molecular weight is 278 g/mol. The summed E-state index contributed by atoms with van der Waals surface area (Å²) in [5, 5.41) is 0. The van der Waals surface area contributed by atoms with E-state index in [4.69, 9.17) is 11.3 Å². The summed E-state index contributed by atoms with van der Waals surface area (Å²) in [6, 6.07) is 4.64. The van der Waals surface area contributed by atoms with Crippen LogP contribution in [-0.4, -0.2) is 31.1 Å². The van der Waals surface area contributed by atoms with E-state index >= 15 is 0 Å². The zero-order valence-corrected chi connectivity index (χ0v) is 11.1. The Labute approximate surface area is 121 Å². The van der Waals surface area contributed by atoms with Crippen LogP contribution in [0.15, 0.2) is 18.2 Å². The molecular weight excluding hydrogens is 255 g/mol. The second kappa shape index (κ2) is 8.68. The van der Waals surface area contributed by atoms with Crippen molar-refractivity contribution in [3.8, 4) is 0 Å². The van der Waals surface area contributed by atoms with Gasteiger partial charge in [0.15, 0.2) is 0 Å². The first kappa shape index (κ1) is 16.6. The van der Waals surface area contributed by atoms with Crippen LogP contribution in [0.2, 0.25) is 0 Å². The maximum absolute atomic E-state index is 13.4. The molecule has 0 bridgehead atoms. The minimum atomic E-state index is -0.466. The van der Waals surface area contributed by atoms with E-state index in [1.54, 1.807) is 6.07 Å². The van der Waals surface area contributed by atoms with Gasteiger partial charge in [0.1, 0.15) is 5.82 Å². The first-order chi connectivity index (χ1) is 9.29. The lowest BCUT2D eigenvalue weighted by Gasteiger charge is -2.26. The van der Waals surface area contributed by atoms with Crippen molar-refractivity contribution in [3.05, 3.63) is 41.0 Å². The van der Waals surface area contributed by atoms with E-state index in [-0.39, 0.29) is 13.1 Å². The molecule has 1 heterocycles. The van der Waals surface area contributed by atoms with Gasteiger partial charge in [-0.05, 0) is 37.6 Å². The smallest absolute Gasteiger partial charge is 0.222 e. The van der Waals surface area contributed by atoms with Crippen LogP contribution in [0, 0.1) is 12.4 Å². The zero-order valence-electron chi connectivity index (χ0n) is 11.1. The molecule has 1 fully saturated rings. The lowest BCUT2D eigenvalue weighted by Crippen LogP contribution is -2.32. The molecule has 1 aromatic carbocycles. The molecule has 1 aliphatic heterocycles. The Kier molecular flexibility index (Phi) is 7.21. The summed E-state index contributed by atoms with van der Waals surface area (Å²) in [7, 11) is 0. The molecule has 20 heavy (non-hydrogen) atoms. The van der Waals surface area contributed by atoms with Crippen LogP contribution in [0.3, 0.4) is 0 Å². The molecule has 110 valence electrons. The third-order valence-electron chi connectivity index (χ3n) is 3.40. The summed E-state index contributed by atoms with van der Waals surface area (Å²) in [5.41, 5.74) is 0.848. The molecule has 0 aromatic heterocycles. The minimum absolute atomic E-state index is 0. The lowest BCUT2D eigenvalue weighted by atomic mass is 10.1. The molecule has 3 nitrogen and oxygen atoms in total. The predicted molar refractivity (Wildman–Crippen MR) is 79.3 cm³/mol. The van der Waals surface area contributed by atoms with E-state index in [0.717, 1.165) is 25.2 Å². The van der Waals surface area contributed by atoms with Crippen molar-refractivity contribution in [1.29, 1.82) is 0 Å². The van der Waals surface area contributed by atoms with Gasteiger partial charge in [0.2, 0.25) is 5.69 Å². The van der Waals surface area contributed by atoms with E-state index < -0.39 is 5.82 Å². The number of hydrogen-bond donors (Lipinski definition) is 0. The maximum Gasteiger partial charge on any atom is 0.222 e. The number of rotatable bonds is 5. The van der Waals surface area contributed by atoms with Crippen LogP contribution in [-0.2, 0) is 11.3 Å². The Hall–Kier alpha value is -1.44. The topological polar surface area (TPSA) is 16.8 Å². The van der Waals surface area contributed by atoms with Crippen molar-refractivity contribution in [3.63, 3.8) is 0 Å². The summed E-state index contributed by atoms with van der Waals surface area (Å²) in [4.78, 5) is 5.51. The predicted octanol–water partition coefficient (Wildman–Crippen LogP) is 4.02. The van der Waals surface area contributed by atoms with Gasteiger partial charge in [0.05, 0.1) is 19.8 Å². The van der Waals surface area contributed by atoms with Crippen LogP contribution in [0.5, 0.6) is 0 Å². The van der Waals surface area contributed by atoms with Gasteiger partial charge in [0, 0.05) is 6.54 Å². The molecule has 0 spiro atoms. The maximum atomic E-state index is 13.4. The van der Waals surface area contributed by atoms with Crippen molar-refractivity contribution in [2.75, 3.05) is 26.2 Å². The Morgan fingerprint density at radius 1 is 1.25 bits per heavy atom. The molecule has 0 radical (unpaired) electrons. The summed E-state index contributed by atoms with van der Waals surface area (Å²) < 4.78 is 18.9. The fourth-order valence-corrected chi connectivity index (χ4v) is 2.30. The van der Waals surface area contributed by atoms with Gasteiger partial charge in [-0.3, -0.25) is 0 Å². The van der Waals surface area contributed by atoms with Crippen LogP contribution >= 0.6 is 0 Å². The summed E-state index contributed by atoms with van der Waals surface area (Å²) >= 11 is 0. The molecular formula is C16H23FN2O. The molecule has 1 saturated heterocycles. The fraction of sp³-hybridized carbons (Fsp3) is 0.562. The van der Waals surface area contributed by atoms with E-state index in [1.165, 1.54) is 31.4 Å². The van der Waals surface area contributed by atoms with Gasteiger partial charge in [0.25, 0.3) is 0 Å². The highest BCUT2D eigenvalue weighted by atomic mass is 19.1. The second-order valence-electron chi connectivity index (χ2n) is 4.85. The highest BCUT2D eigenvalue weighted by Crippen LogP contribution is 2.19. The largest absolute Gasteiger partial charge is 0.375 e. The third-order valence-corrected chi connectivity index (χ3v) is 3.40. The molecule has 0 N–H and O–H groups in total. The molecule has 0 aliphatic carbocycles. The SMILES string of the molecule is C.[C-]#[N+]c1ccc(COCCN2CCCCC2)cc1F. The van der Waals surface area contributed by atoms with Crippen LogP contribution in [0.1, 0.15) is 32.3 Å². The molecule has 2 rings (SSSR count). The van der Waals surface area contributed by atoms with Gasteiger partial charge in [-0.1, -0.05) is 26.0 Å². The van der Waals surface area contributed by atoms with Crippen molar-refractivity contribution in [1.82, 2.24) is 4.90 Å². The summed E-state index contributed by atoms with van der Waals surface area (Å²) in [6.45, 7) is 11.1. The number of piperidine rings is 1. The van der Waals surface area contributed by atoms with Crippen molar-refractivity contribution in [2.45, 2.75) is 33.3 Å². The first-order valence-electron chi connectivity index (χ1n) is 6.75. The Balaban J connectivity index is 0.00000200. The van der Waals surface area contributed by atoms with E-state index in [0.29, 0.717) is 13.2 Å². The Morgan fingerprint density at radius 2 is 2.00 bits per heavy atom. The zero-order chi connectivity index (χ0) is 13.5. The Bertz CT molecular complexity index is 450. The molecule has 0 unspecified atom stereocenters. The standard InChI is InChI=1S/C15H19FN2O.CH4/c1-17-15-6-5-13(11-14(15)16)12-19-10-9-18-7-3-2-4-8-18;/h5-6,11H,2-4,7-10,12H2;1H4. The number of benzene rings is 1. The molecule has 1 aromatic rings. The molecule has 1 aliphatic rings. The summed E-state index contributed by atoms with van der Waals surface area (Å²) in [6.07, 6.45) is 3.90. The van der Waals surface area contributed by atoms with E-state index in [1.807, 2.05) is 0 Å². The molecule has 0 atom stereocenters. The minimum Gasteiger partial charge on any atom is -0.375 e. The number of halogens is 1. The van der Waals surface area contributed by atoms with E-state index in [2.05, 4.69) is 9.74 Å². The lowest BCUT2D eigenvalue weighted by molar-refractivity contribution is 0.0862. The molecule has 4 heteroatoms. The normalized spacial score (nSPS) is 15.4. The van der Waals surface area contributed by atoms with Crippen LogP contribution < -0.4 is 0 Å². The van der Waals surface area contributed by atoms with Gasteiger partial charge < -0.3 is 9.64 Å². The van der Waals surface area contributed by atoms with E-state index in [9.17, 15) is 4.39 Å². The Morgan fingerprint density at radius 3 is 2.65 bits per heavy atom. The quantitative estimate of drug-likeness (QED) is 0.598. The second-order valence-corrected chi connectivity index (χ2v) is 4.85. The van der Waals surface area contributed by atoms with Gasteiger partial charge in [-0.25, -0.2) is 9.24 Å². The van der Waals surface area contributed by atoms with Crippen molar-refractivity contribution >= 4 is 5.69 Å². The number of ether oxygens (including phenoxy) is 1. The van der Waals surface area contributed by atoms with Gasteiger partial charge >= 0.3 is 0 Å². The average Bonchev–Trinajstić information content (AvgIpc) is 2.45. The third kappa shape index (κ3) is 4.92.